The number of halogens is 2. The molecule has 0 amide bonds. The van der Waals surface area contributed by atoms with Gasteiger partial charge < -0.3 is 10.1 Å². The van der Waals surface area contributed by atoms with Crippen LogP contribution in [-0.4, -0.2) is 26.3 Å². The van der Waals surface area contributed by atoms with Crippen molar-refractivity contribution in [1.82, 2.24) is 5.32 Å². The summed E-state index contributed by atoms with van der Waals surface area (Å²) < 4.78 is 32.1. The van der Waals surface area contributed by atoms with Gasteiger partial charge >= 0.3 is 0 Å². The van der Waals surface area contributed by atoms with Crippen LogP contribution in [-0.2, 0) is 11.2 Å². The van der Waals surface area contributed by atoms with E-state index in [-0.39, 0.29) is 11.6 Å². The molecule has 1 aromatic carbocycles. The number of hydrogen-bond donors (Lipinski definition) is 1. The molecule has 0 bridgehead atoms. The average Bonchev–Trinajstić information content (AvgIpc) is 2.36. The molecule has 0 saturated carbocycles. The lowest BCUT2D eigenvalue weighted by Gasteiger charge is -2.18. The minimum Gasteiger partial charge on any atom is -0.385 e. The summed E-state index contributed by atoms with van der Waals surface area (Å²) in [5.41, 5.74) is 0.155. The van der Waals surface area contributed by atoms with Gasteiger partial charge in [0, 0.05) is 25.3 Å². The third-order valence-corrected chi connectivity index (χ3v) is 2.87. The number of methoxy groups -OCH3 is 1. The van der Waals surface area contributed by atoms with E-state index in [1.54, 1.807) is 7.11 Å². The highest BCUT2D eigenvalue weighted by Gasteiger charge is 2.15. The fourth-order valence-electron chi connectivity index (χ4n) is 1.86. The van der Waals surface area contributed by atoms with Crippen molar-refractivity contribution in [2.45, 2.75) is 32.2 Å². The van der Waals surface area contributed by atoms with Crippen LogP contribution in [0.2, 0.25) is 0 Å². The molecule has 0 radical (unpaired) electrons. The van der Waals surface area contributed by atoms with Crippen molar-refractivity contribution < 1.29 is 13.5 Å². The van der Waals surface area contributed by atoms with E-state index in [1.165, 1.54) is 18.2 Å². The second kappa shape index (κ2) is 8.16. The molecule has 2 nitrogen and oxygen atoms in total. The largest absolute Gasteiger partial charge is 0.385 e. The Morgan fingerprint density at radius 2 is 1.94 bits per heavy atom. The van der Waals surface area contributed by atoms with Gasteiger partial charge in [-0.05, 0) is 37.9 Å². The second-order valence-corrected chi connectivity index (χ2v) is 4.34. The zero-order chi connectivity index (χ0) is 13.4. The normalized spacial score (nSPS) is 12.7. The Labute approximate surface area is 107 Å². The molecule has 1 atom stereocenters. The lowest BCUT2D eigenvalue weighted by atomic mass is 10.0. The molecule has 1 unspecified atom stereocenters. The summed E-state index contributed by atoms with van der Waals surface area (Å²) >= 11 is 0. The molecule has 0 heterocycles. The van der Waals surface area contributed by atoms with Gasteiger partial charge in [-0.25, -0.2) is 8.78 Å². The summed E-state index contributed by atoms with van der Waals surface area (Å²) in [4.78, 5) is 0. The molecule has 0 spiro atoms. The first-order valence-corrected chi connectivity index (χ1v) is 6.34. The Kier molecular flexibility index (Phi) is 6.83. The van der Waals surface area contributed by atoms with Crippen LogP contribution >= 0.6 is 0 Å². The number of ether oxygens (including phenoxy) is 1. The van der Waals surface area contributed by atoms with Gasteiger partial charge in [-0.2, -0.15) is 0 Å². The van der Waals surface area contributed by atoms with Crippen LogP contribution in [0.15, 0.2) is 18.2 Å². The highest BCUT2D eigenvalue weighted by atomic mass is 19.1. The second-order valence-electron chi connectivity index (χ2n) is 4.34. The van der Waals surface area contributed by atoms with Crippen LogP contribution in [0.3, 0.4) is 0 Å². The predicted octanol–water partition coefficient (Wildman–Crippen LogP) is 2.91. The van der Waals surface area contributed by atoms with Gasteiger partial charge in [0.15, 0.2) is 0 Å². The Bertz CT molecular complexity index is 329. The quantitative estimate of drug-likeness (QED) is 0.773. The number of nitrogens with one attached hydrogen (secondary N) is 1. The minimum atomic E-state index is -0.476. The monoisotopic (exact) mass is 257 g/mol. The Morgan fingerprint density at radius 1 is 1.28 bits per heavy atom. The van der Waals surface area contributed by atoms with Crippen LogP contribution in [0.25, 0.3) is 0 Å². The zero-order valence-corrected chi connectivity index (χ0v) is 11.0. The zero-order valence-electron chi connectivity index (χ0n) is 11.0. The fraction of sp³-hybridized carbons (Fsp3) is 0.571. The first-order chi connectivity index (χ1) is 8.69. The van der Waals surface area contributed by atoms with Crippen LogP contribution in [0.5, 0.6) is 0 Å². The summed E-state index contributed by atoms with van der Waals surface area (Å²) in [7, 11) is 1.63. The van der Waals surface area contributed by atoms with Crippen molar-refractivity contribution in [3.63, 3.8) is 0 Å². The SMILES string of the molecule is CCCNC(CCOC)Cc1c(F)cccc1F. The molecule has 1 rings (SSSR count). The molecule has 0 aliphatic rings. The van der Waals surface area contributed by atoms with Crippen molar-refractivity contribution in [2.75, 3.05) is 20.3 Å². The van der Waals surface area contributed by atoms with Crippen LogP contribution < -0.4 is 5.32 Å². The van der Waals surface area contributed by atoms with Crippen molar-refractivity contribution in [3.8, 4) is 0 Å². The first-order valence-electron chi connectivity index (χ1n) is 6.34. The smallest absolute Gasteiger partial charge is 0.129 e. The van der Waals surface area contributed by atoms with Gasteiger partial charge in [-0.15, -0.1) is 0 Å². The molecule has 18 heavy (non-hydrogen) atoms. The van der Waals surface area contributed by atoms with E-state index in [1.807, 2.05) is 0 Å². The summed E-state index contributed by atoms with van der Waals surface area (Å²) in [6.45, 7) is 3.48. The van der Waals surface area contributed by atoms with Crippen LogP contribution in [0.4, 0.5) is 8.78 Å². The van der Waals surface area contributed by atoms with E-state index >= 15 is 0 Å². The summed E-state index contributed by atoms with van der Waals surface area (Å²) in [5, 5.41) is 3.29. The molecule has 0 aliphatic carbocycles. The van der Waals surface area contributed by atoms with E-state index in [0.29, 0.717) is 13.0 Å². The fourth-order valence-corrected chi connectivity index (χ4v) is 1.86. The first kappa shape index (κ1) is 15.1. The van der Waals surface area contributed by atoms with Crippen molar-refractivity contribution in [2.24, 2.45) is 0 Å². The minimum absolute atomic E-state index is 0.0382. The van der Waals surface area contributed by atoms with E-state index < -0.39 is 11.6 Å². The van der Waals surface area contributed by atoms with Gasteiger partial charge in [0.2, 0.25) is 0 Å². The van der Waals surface area contributed by atoms with Crippen LogP contribution in [0.1, 0.15) is 25.3 Å². The molecule has 1 N–H and O–H groups in total. The van der Waals surface area contributed by atoms with E-state index in [9.17, 15) is 8.78 Å². The van der Waals surface area contributed by atoms with Gasteiger partial charge in [0.25, 0.3) is 0 Å². The van der Waals surface area contributed by atoms with Crippen LogP contribution in [0, 0.1) is 11.6 Å². The molecule has 0 fully saturated rings. The molecule has 4 heteroatoms. The lowest BCUT2D eigenvalue weighted by Crippen LogP contribution is -2.33. The maximum absolute atomic E-state index is 13.6. The van der Waals surface area contributed by atoms with E-state index in [0.717, 1.165) is 19.4 Å². The molecule has 0 aromatic heterocycles. The molecule has 102 valence electrons. The van der Waals surface area contributed by atoms with Crippen molar-refractivity contribution in [1.29, 1.82) is 0 Å². The maximum Gasteiger partial charge on any atom is 0.129 e. The summed E-state index contributed by atoms with van der Waals surface area (Å²) in [6.07, 6.45) is 2.08. The predicted molar refractivity (Wildman–Crippen MR) is 68.6 cm³/mol. The standard InChI is InChI=1S/C14H21F2NO/c1-3-8-17-11(7-9-18-2)10-12-13(15)5-4-6-14(12)16/h4-6,11,17H,3,7-10H2,1-2H3. The summed E-state index contributed by atoms with van der Waals surface area (Å²) in [6, 6.07) is 4.02. The molecule has 0 aliphatic heterocycles. The van der Waals surface area contributed by atoms with E-state index in [4.69, 9.17) is 4.74 Å². The van der Waals surface area contributed by atoms with E-state index in [2.05, 4.69) is 12.2 Å². The topological polar surface area (TPSA) is 21.3 Å². The third kappa shape index (κ3) is 4.70. The van der Waals surface area contributed by atoms with Gasteiger partial charge in [-0.1, -0.05) is 13.0 Å². The Morgan fingerprint density at radius 3 is 2.50 bits per heavy atom. The molecule has 0 saturated heterocycles. The number of benzene rings is 1. The van der Waals surface area contributed by atoms with Gasteiger partial charge in [-0.3, -0.25) is 0 Å². The van der Waals surface area contributed by atoms with Gasteiger partial charge in [0.05, 0.1) is 0 Å². The summed E-state index contributed by atoms with van der Waals surface area (Å²) in [5.74, 6) is -0.952. The molecule has 1 aromatic rings. The Balaban J connectivity index is 2.68. The molecular weight excluding hydrogens is 236 g/mol. The Hall–Kier alpha value is -1.00. The number of rotatable bonds is 8. The molecular formula is C14H21F2NO. The average molecular weight is 257 g/mol. The highest BCUT2D eigenvalue weighted by Crippen LogP contribution is 2.15. The maximum atomic E-state index is 13.6. The highest BCUT2D eigenvalue weighted by molar-refractivity contribution is 5.20. The lowest BCUT2D eigenvalue weighted by molar-refractivity contribution is 0.182. The third-order valence-electron chi connectivity index (χ3n) is 2.87. The van der Waals surface area contributed by atoms with Gasteiger partial charge in [0.1, 0.15) is 11.6 Å². The van der Waals surface area contributed by atoms with Crippen molar-refractivity contribution >= 4 is 0 Å². The number of hydrogen-bond acceptors (Lipinski definition) is 2. The van der Waals surface area contributed by atoms with Crippen molar-refractivity contribution in [3.05, 3.63) is 35.4 Å².